The Labute approximate surface area is 137 Å². The van der Waals surface area contributed by atoms with Gasteiger partial charge in [-0.05, 0) is 42.0 Å². The summed E-state index contributed by atoms with van der Waals surface area (Å²) in [6.07, 6.45) is -0.474. The fourth-order valence-electron chi connectivity index (χ4n) is 1.97. The van der Waals surface area contributed by atoms with Crippen molar-refractivity contribution in [2.75, 3.05) is 0 Å². The molecule has 0 saturated carbocycles. The number of carboxylic acid groups (broad SMARTS) is 1. The van der Waals surface area contributed by atoms with E-state index in [9.17, 15) is 17.6 Å². The van der Waals surface area contributed by atoms with Crippen LogP contribution in [0.1, 0.15) is 18.0 Å². The summed E-state index contributed by atoms with van der Waals surface area (Å²) in [7, 11) is -3.95. The molecule has 0 spiro atoms. The van der Waals surface area contributed by atoms with Crippen LogP contribution in [-0.4, -0.2) is 19.5 Å². The third kappa shape index (κ3) is 4.75. The third-order valence-electron chi connectivity index (χ3n) is 3.07. The van der Waals surface area contributed by atoms with Gasteiger partial charge in [0.15, 0.2) is 0 Å². The molecule has 0 fully saturated rings. The number of sulfonamides is 1. The second-order valence-corrected chi connectivity index (χ2v) is 6.93. The first-order chi connectivity index (χ1) is 10.8. The van der Waals surface area contributed by atoms with Crippen LogP contribution in [0, 0.1) is 5.82 Å². The minimum absolute atomic E-state index is 0.0422. The summed E-state index contributed by atoms with van der Waals surface area (Å²) < 4.78 is 40.0. The molecule has 0 bridgehead atoms. The quantitative estimate of drug-likeness (QED) is 0.832. The van der Waals surface area contributed by atoms with Crippen LogP contribution in [0.2, 0.25) is 5.02 Å². The van der Waals surface area contributed by atoms with Gasteiger partial charge in [0.1, 0.15) is 5.82 Å². The van der Waals surface area contributed by atoms with E-state index in [1.807, 2.05) is 0 Å². The first-order valence-electron chi connectivity index (χ1n) is 6.53. The zero-order valence-corrected chi connectivity index (χ0v) is 13.3. The second kappa shape index (κ2) is 7.08. The fraction of sp³-hybridized carbons (Fsp3) is 0.133. The number of hydrogen-bond donors (Lipinski definition) is 2. The van der Waals surface area contributed by atoms with Crippen molar-refractivity contribution in [2.45, 2.75) is 17.4 Å². The minimum Gasteiger partial charge on any atom is -0.481 e. The number of rotatable bonds is 6. The van der Waals surface area contributed by atoms with Crippen molar-refractivity contribution in [2.24, 2.45) is 0 Å². The van der Waals surface area contributed by atoms with E-state index in [2.05, 4.69) is 4.72 Å². The van der Waals surface area contributed by atoms with E-state index in [4.69, 9.17) is 16.7 Å². The molecular formula is C15H13ClFNO4S. The Hall–Kier alpha value is -1.96. The predicted octanol–water partition coefficient (Wildman–Crippen LogP) is 2.97. The van der Waals surface area contributed by atoms with Crippen molar-refractivity contribution in [3.63, 3.8) is 0 Å². The summed E-state index contributed by atoms with van der Waals surface area (Å²) in [6, 6.07) is 9.40. The molecule has 0 heterocycles. The maximum absolute atomic E-state index is 13.0. The first-order valence-corrected chi connectivity index (χ1v) is 8.39. The summed E-state index contributed by atoms with van der Waals surface area (Å²) in [5, 5.41) is 9.36. The highest BCUT2D eigenvalue weighted by Crippen LogP contribution is 2.22. The van der Waals surface area contributed by atoms with Crippen molar-refractivity contribution in [3.05, 3.63) is 64.9 Å². The number of halogens is 2. The molecule has 1 atom stereocenters. The average Bonchev–Trinajstić information content (AvgIpc) is 2.47. The Morgan fingerprint density at radius 2 is 1.70 bits per heavy atom. The number of aliphatic carboxylic acids is 1. The van der Waals surface area contributed by atoms with Crippen molar-refractivity contribution >= 4 is 27.6 Å². The van der Waals surface area contributed by atoms with Gasteiger partial charge in [0.2, 0.25) is 10.0 Å². The van der Waals surface area contributed by atoms with Gasteiger partial charge in [-0.15, -0.1) is 0 Å². The molecule has 0 saturated heterocycles. The molecule has 0 amide bonds. The maximum Gasteiger partial charge on any atom is 0.305 e. The summed E-state index contributed by atoms with van der Waals surface area (Å²) >= 11 is 5.72. The topological polar surface area (TPSA) is 83.5 Å². The van der Waals surface area contributed by atoms with Gasteiger partial charge in [-0.25, -0.2) is 17.5 Å². The molecule has 0 unspecified atom stereocenters. The zero-order chi connectivity index (χ0) is 17.0. The molecule has 23 heavy (non-hydrogen) atoms. The van der Waals surface area contributed by atoms with E-state index in [1.54, 1.807) is 0 Å². The summed E-state index contributed by atoms with van der Waals surface area (Å²) in [5.41, 5.74) is 0.353. The monoisotopic (exact) mass is 357 g/mol. The summed E-state index contributed by atoms with van der Waals surface area (Å²) in [5.74, 6) is -1.68. The summed E-state index contributed by atoms with van der Waals surface area (Å²) in [6.45, 7) is 0. The van der Waals surface area contributed by atoms with Crippen molar-refractivity contribution < 1.29 is 22.7 Å². The molecular weight excluding hydrogens is 345 g/mol. The molecule has 0 aromatic heterocycles. The number of carbonyl (C=O) groups is 1. The van der Waals surface area contributed by atoms with E-state index in [0.717, 1.165) is 12.1 Å². The average molecular weight is 358 g/mol. The lowest BCUT2D eigenvalue weighted by Crippen LogP contribution is -2.30. The Balaban J connectivity index is 2.31. The predicted molar refractivity (Wildman–Crippen MR) is 83.2 cm³/mol. The van der Waals surface area contributed by atoms with Gasteiger partial charge in [0.25, 0.3) is 0 Å². The van der Waals surface area contributed by atoms with Gasteiger partial charge in [-0.3, -0.25) is 4.79 Å². The Kier molecular flexibility index (Phi) is 5.35. The fourth-order valence-corrected chi connectivity index (χ4v) is 3.32. The number of carboxylic acids is 1. The van der Waals surface area contributed by atoms with Crippen LogP contribution in [0.5, 0.6) is 0 Å². The summed E-state index contributed by atoms with van der Waals surface area (Å²) in [4.78, 5) is 10.9. The molecule has 2 N–H and O–H groups in total. The standard InChI is InChI=1S/C15H13ClFNO4S/c16-11-3-7-13(8-4-11)23(21,22)18-14(9-15(19)20)10-1-5-12(17)6-2-10/h1-8,14,18H,9H2,(H,19,20)/t14-/m1/s1. The third-order valence-corrected chi connectivity index (χ3v) is 4.81. The molecule has 8 heteroatoms. The molecule has 0 aliphatic carbocycles. The van der Waals surface area contributed by atoms with Crippen LogP contribution >= 0.6 is 11.6 Å². The largest absolute Gasteiger partial charge is 0.481 e. The van der Waals surface area contributed by atoms with E-state index < -0.39 is 34.3 Å². The lowest BCUT2D eigenvalue weighted by molar-refractivity contribution is -0.137. The lowest BCUT2D eigenvalue weighted by Gasteiger charge is -2.17. The minimum atomic E-state index is -3.95. The number of benzene rings is 2. The normalized spacial score (nSPS) is 12.8. The van der Waals surface area contributed by atoms with Crippen LogP contribution < -0.4 is 4.72 Å². The van der Waals surface area contributed by atoms with Crippen molar-refractivity contribution in [1.82, 2.24) is 4.72 Å². The molecule has 5 nitrogen and oxygen atoms in total. The van der Waals surface area contributed by atoms with Gasteiger partial charge in [0.05, 0.1) is 17.4 Å². The van der Waals surface area contributed by atoms with E-state index in [-0.39, 0.29) is 4.90 Å². The molecule has 122 valence electrons. The molecule has 2 aromatic carbocycles. The van der Waals surface area contributed by atoms with E-state index in [1.165, 1.54) is 36.4 Å². The Bertz CT molecular complexity index is 791. The molecule has 0 aliphatic rings. The first kappa shape index (κ1) is 17.4. The van der Waals surface area contributed by atoms with Crippen LogP contribution in [-0.2, 0) is 14.8 Å². The smallest absolute Gasteiger partial charge is 0.305 e. The highest BCUT2D eigenvalue weighted by atomic mass is 35.5. The van der Waals surface area contributed by atoms with Gasteiger partial charge < -0.3 is 5.11 Å². The molecule has 0 radical (unpaired) electrons. The highest BCUT2D eigenvalue weighted by Gasteiger charge is 2.23. The van der Waals surface area contributed by atoms with Crippen molar-refractivity contribution in [3.8, 4) is 0 Å². The van der Waals surface area contributed by atoms with Crippen LogP contribution in [0.25, 0.3) is 0 Å². The zero-order valence-electron chi connectivity index (χ0n) is 11.7. The van der Waals surface area contributed by atoms with Crippen LogP contribution in [0.3, 0.4) is 0 Å². The lowest BCUT2D eigenvalue weighted by atomic mass is 10.1. The van der Waals surface area contributed by atoms with Gasteiger partial charge >= 0.3 is 5.97 Å². The molecule has 0 aliphatic heterocycles. The number of nitrogens with one attached hydrogen (secondary N) is 1. The number of hydrogen-bond acceptors (Lipinski definition) is 3. The Morgan fingerprint density at radius 1 is 1.13 bits per heavy atom. The molecule has 2 aromatic rings. The second-order valence-electron chi connectivity index (χ2n) is 4.78. The SMILES string of the molecule is O=C(O)C[C@@H](NS(=O)(=O)c1ccc(Cl)cc1)c1ccc(F)cc1. The maximum atomic E-state index is 13.0. The Morgan fingerprint density at radius 3 is 2.22 bits per heavy atom. The van der Waals surface area contributed by atoms with Gasteiger partial charge in [0, 0.05) is 5.02 Å². The van der Waals surface area contributed by atoms with E-state index >= 15 is 0 Å². The molecule has 2 rings (SSSR count). The van der Waals surface area contributed by atoms with Crippen molar-refractivity contribution in [1.29, 1.82) is 0 Å². The van der Waals surface area contributed by atoms with E-state index in [0.29, 0.717) is 10.6 Å². The highest BCUT2D eigenvalue weighted by molar-refractivity contribution is 7.89. The van der Waals surface area contributed by atoms with Gasteiger partial charge in [-0.1, -0.05) is 23.7 Å². The van der Waals surface area contributed by atoms with Crippen LogP contribution in [0.4, 0.5) is 4.39 Å². The van der Waals surface area contributed by atoms with Gasteiger partial charge in [-0.2, -0.15) is 0 Å². The van der Waals surface area contributed by atoms with Crippen LogP contribution in [0.15, 0.2) is 53.4 Å².